The van der Waals surface area contributed by atoms with Crippen LogP contribution < -0.4 is 0 Å². The highest BCUT2D eigenvalue weighted by molar-refractivity contribution is 5.96. The molecule has 0 radical (unpaired) electrons. The van der Waals surface area contributed by atoms with E-state index in [9.17, 15) is 0 Å². The molecular weight excluding hydrogens is 294 g/mol. The lowest BCUT2D eigenvalue weighted by Crippen LogP contribution is -1.84. The number of H-pyrrole nitrogens is 1. The summed E-state index contributed by atoms with van der Waals surface area (Å²) in [4.78, 5) is 12.3. The van der Waals surface area contributed by atoms with Crippen LogP contribution in [0.5, 0.6) is 0 Å². The van der Waals surface area contributed by atoms with Gasteiger partial charge in [0.1, 0.15) is 0 Å². The fourth-order valence-electron chi connectivity index (χ4n) is 2.55. The standard InChI is InChI=1S/C18H13N3.ClH/c1-3-10-19-15(8-1)14-7-5-6-13-12-17(21-18(13)14)16-9-2-4-11-20-16;/h1-12,21H;1H. The molecule has 1 N–H and O–H groups in total. The van der Waals surface area contributed by atoms with Gasteiger partial charge in [0.15, 0.2) is 0 Å². The molecule has 0 aliphatic rings. The third kappa shape index (κ3) is 2.47. The van der Waals surface area contributed by atoms with Crippen molar-refractivity contribution >= 4 is 23.3 Å². The van der Waals surface area contributed by atoms with Gasteiger partial charge in [0, 0.05) is 23.3 Å². The smallest absolute Gasteiger partial charge is 0.0864 e. The lowest BCUT2D eigenvalue weighted by atomic mass is 10.1. The molecule has 0 bridgehead atoms. The minimum Gasteiger partial charge on any atom is -0.353 e. The molecule has 4 rings (SSSR count). The number of nitrogens with zero attached hydrogens (tertiary/aromatic N) is 2. The van der Waals surface area contributed by atoms with Gasteiger partial charge < -0.3 is 4.98 Å². The quantitative estimate of drug-likeness (QED) is 0.582. The van der Waals surface area contributed by atoms with E-state index in [1.54, 1.807) is 6.20 Å². The molecule has 0 unspecified atom stereocenters. The van der Waals surface area contributed by atoms with Crippen molar-refractivity contribution in [3.8, 4) is 22.6 Å². The van der Waals surface area contributed by atoms with E-state index in [0.29, 0.717) is 0 Å². The number of aromatic amines is 1. The molecule has 4 heteroatoms. The van der Waals surface area contributed by atoms with Gasteiger partial charge in [-0.3, -0.25) is 9.97 Å². The van der Waals surface area contributed by atoms with Gasteiger partial charge in [-0.05, 0) is 30.3 Å². The molecule has 22 heavy (non-hydrogen) atoms. The Bertz CT molecular complexity index is 886. The molecule has 3 aromatic heterocycles. The second-order valence-corrected chi connectivity index (χ2v) is 4.88. The van der Waals surface area contributed by atoms with E-state index >= 15 is 0 Å². The van der Waals surface area contributed by atoms with Crippen molar-refractivity contribution in [2.75, 3.05) is 0 Å². The maximum absolute atomic E-state index is 4.45. The third-order valence-corrected chi connectivity index (χ3v) is 3.54. The average molecular weight is 308 g/mol. The van der Waals surface area contributed by atoms with Crippen molar-refractivity contribution in [3.05, 3.63) is 73.1 Å². The van der Waals surface area contributed by atoms with Crippen LogP contribution in [0.3, 0.4) is 0 Å². The van der Waals surface area contributed by atoms with Crippen molar-refractivity contribution in [2.24, 2.45) is 0 Å². The number of pyridine rings is 2. The molecule has 0 aliphatic heterocycles. The number of hydrogen-bond donors (Lipinski definition) is 1. The van der Waals surface area contributed by atoms with Gasteiger partial charge in [-0.2, -0.15) is 0 Å². The molecule has 0 fully saturated rings. The van der Waals surface area contributed by atoms with E-state index < -0.39 is 0 Å². The predicted molar refractivity (Wildman–Crippen MR) is 92.0 cm³/mol. The van der Waals surface area contributed by atoms with Crippen molar-refractivity contribution in [2.45, 2.75) is 0 Å². The van der Waals surface area contributed by atoms with Crippen LogP contribution in [0.2, 0.25) is 0 Å². The summed E-state index contributed by atoms with van der Waals surface area (Å²) in [5, 5.41) is 1.17. The lowest BCUT2D eigenvalue weighted by Gasteiger charge is -2.02. The van der Waals surface area contributed by atoms with Crippen LogP contribution in [-0.4, -0.2) is 15.0 Å². The molecule has 0 spiro atoms. The monoisotopic (exact) mass is 307 g/mol. The summed E-state index contributed by atoms with van der Waals surface area (Å²) >= 11 is 0. The first-order valence-electron chi connectivity index (χ1n) is 6.86. The summed E-state index contributed by atoms with van der Waals surface area (Å²) < 4.78 is 0. The van der Waals surface area contributed by atoms with Gasteiger partial charge in [-0.1, -0.05) is 30.3 Å². The summed E-state index contributed by atoms with van der Waals surface area (Å²) in [6.07, 6.45) is 3.62. The molecule has 0 saturated heterocycles. The van der Waals surface area contributed by atoms with E-state index in [4.69, 9.17) is 0 Å². The number of halogens is 1. The SMILES string of the molecule is Cl.c1ccc(-c2cc3cccc(-c4ccccn4)c3[nH]2)nc1. The number of rotatable bonds is 2. The van der Waals surface area contributed by atoms with E-state index in [2.05, 4.69) is 39.2 Å². The van der Waals surface area contributed by atoms with E-state index in [1.165, 1.54) is 5.39 Å². The average Bonchev–Trinajstić information content (AvgIpc) is 3.00. The van der Waals surface area contributed by atoms with Gasteiger partial charge in [-0.25, -0.2) is 0 Å². The Morgan fingerprint density at radius 2 is 1.45 bits per heavy atom. The van der Waals surface area contributed by atoms with Crippen LogP contribution in [0, 0.1) is 0 Å². The summed E-state index contributed by atoms with van der Waals surface area (Å²) in [6, 6.07) is 20.3. The van der Waals surface area contributed by atoms with Crippen molar-refractivity contribution in [1.82, 2.24) is 15.0 Å². The van der Waals surface area contributed by atoms with E-state index in [1.807, 2.05) is 42.6 Å². The van der Waals surface area contributed by atoms with Gasteiger partial charge in [0.05, 0.1) is 22.6 Å². The second kappa shape index (κ2) is 6.00. The molecule has 4 aromatic rings. The van der Waals surface area contributed by atoms with Gasteiger partial charge in [0.25, 0.3) is 0 Å². The van der Waals surface area contributed by atoms with E-state index in [0.717, 1.165) is 28.2 Å². The number of nitrogens with one attached hydrogen (secondary N) is 1. The Kier molecular flexibility index (Phi) is 3.90. The zero-order chi connectivity index (χ0) is 14.1. The maximum atomic E-state index is 4.45. The molecule has 0 aliphatic carbocycles. The van der Waals surface area contributed by atoms with Gasteiger partial charge in [-0.15, -0.1) is 12.4 Å². The summed E-state index contributed by atoms with van der Waals surface area (Å²) in [7, 11) is 0. The van der Waals surface area contributed by atoms with E-state index in [-0.39, 0.29) is 12.4 Å². The zero-order valence-electron chi connectivity index (χ0n) is 11.7. The highest BCUT2D eigenvalue weighted by atomic mass is 35.5. The molecule has 108 valence electrons. The number of para-hydroxylation sites is 1. The molecule has 3 heterocycles. The molecular formula is C18H14ClN3. The van der Waals surface area contributed by atoms with Crippen molar-refractivity contribution in [3.63, 3.8) is 0 Å². The van der Waals surface area contributed by atoms with Crippen molar-refractivity contribution < 1.29 is 0 Å². The first-order valence-corrected chi connectivity index (χ1v) is 6.86. The fourth-order valence-corrected chi connectivity index (χ4v) is 2.55. The first kappa shape index (κ1) is 14.3. The Hall–Kier alpha value is -2.65. The molecule has 0 atom stereocenters. The summed E-state index contributed by atoms with van der Waals surface area (Å²) in [5.74, 6) is 0. The minimum atomic E-state index is 0. The molecule has 0 saturated carbocycles. The Morgan fingerprint density at radius 3 is 2.14 bits per heavy atom. The van der Waals surface area contributed by atoms with Crippen LogP contribution in [-0.2, 0) is 0 Å². The predicted octanol–water partition coefficient (Wildman–Crippen LogP) is 4.71. The van der Waals surface area contributed by atoms with Crippen LogP contribution in [0.25, 0.3) is 33.5 Å². The second-order valence-electron chi connectivity index (χ2n) is 4.88. The summed E-state index contributed by atoms with van der Waals surface area (Å²) in [5.41, 5.74) is 5.14. The first-order chi connectivity index (χ1) is 10.4. The van der Waals surface area contributed by atoms with Crippen LogP contribution in [0.4, 0.5) is 0 Å². The normalized spacial score (nSPS) is 10.4. The number of hydrogen-bond acceptors (Lipinski definition) is 2. The molecule has 0 amide bonds. The third-order valence-electron chi connectivity index (χ3n) is 3.54. The minimum absolute atomic E-state index is 0. The Labute approximate surface area is 134 Å². The van der Waals surface area contributed by atoms with Crippen LogP contribution >= 0.6 is 12.4 Å². The number of benzene rings is 1. The lowest BCUT2D eigenvalue weighted by molar-refractivity contribution is 1.29. The highest BCUT2D eigenvalue weighted by Crippen LogP contribution is 2.30. The van der Waals surface area contributed by atoms with Gasteiger partial charge in [0.2, 0.25) is 0 Å². The molecule has 1 aromatic carbocycles. The maximum Gasteiger partial charge on any atom is 0.0864 e. The number of aromatic nitrogens is 3. The fraction of sp³-hybridized carbons (Fsp3) is 0. The van der Waals surface area contributed by atoms with Crippen LogP contribution in [0.1, 0.15) is 0 Å². The highest BCUT2D eigenvalue weighted by Gasteiger charge is 2.09. The largest absolute Gasteiger partial charge is 0.353 e. The molecule has 3 nitrogen and oxygen atoms in total. The Morgan fingerprint density at radius 1 is 0.727 bits per heavy atom. The number of fused-ring (bicyclic) bond motifs is 1. The topological polar surface area (TPSA) is 41.6 Å². The zero-order valence-corrected chi connectivity index (χ0v) is 12.5. The van der Waals surface area contributed by atoms with Gasteiger partial charge >= 0.3 is 0 Å². The van der Waals surface area contributed by atoms with Crippen molar-refractivity contribution in [1.29, 1.82) is 0 Å². The Balaban J connectivity index is 0.00000144. The summed E-state index contributed by atoms with van der Waals surface area (Å²) in [6.45, 7) is 0. The van der Waals surface area contributed by atoms with Crippen LogP contribution in [0.15, 0.2) is 73.1 Å².